The molecule has 4 nitrogen and oxygen atoms in total. The smallest absolute Gasteiger partial charge is 0.213 e. The second-order valence-electron chi connectivity index (χ2n) is 5.12. The molecule has 1 spiro atoms. The van der Waals surface area contributed by atoms with E-state index in [1.54, 1.807) is 11.2 Å². The van der Waals surface area contributed by atoms with Gasteiger partial charge in [-0.15, -0.1) is 0 Å². The first-order chi connectivity index (χ1) is 7.58. The van der Waals surface area contributed by atoms with Crippen molar-refractivity contribution in [2.75, 3.05) is 31.9 Å². The van der Waals surface area contributed by atoms with Gasteiger partial charge in [0.1, 0.15) is 0 Å². The van der Waals surface area contributed by atoms with Crippen LogP contribution in [-0.2, 0) is 10.0 Å². The van der Waals surface area contributed by atoms with Crippen LogP contribution in [0.25, 0.3) is 0 Å². The minimum atomic E-state index is -2.99. The molecule has 2 aliphatic heterocycles. The van der Waals surface area contributed by atoms with E-state index in [9.17, 15) is 8.42 Å². The van der Waals surface area contributed by atoms with Crippen molar-refractivity contribution in [2.45, 2.75) is 32.6 Å². The molecular weight excluding hydrogens is 224 g/mol. The predicted molar refractivity (Wildman–Crippen MR) is 64.8 cm³/mol. The highest BCUT2D eigenvalue weighted by molar-refractivity contribution is 7.89. The SMILES string of the molecule is CCS(=O)(=O)N1CCCC2(CCCNC2)C1. The van der Waals surface area contributed by atoms with Crippen LogP contribution < -0.4 is 5.32 Å². The fraction of sp³-hybridized carbons (Fsp3) is 1.00. The summed E-state index contributed by atoms with van der Waals surface area (Å²) in [6, 6.07) is 0. The van der Waals surface area contributed by atoms with Crippen molar-refractivity contribution in [1.29, 1.82) is 0 Å². The summed E-state index contributed by atoms with van der Waals surface area (Å²) >= 11 is 0. The highest BCUT2D eigenvalue weighted by atomic mass is 32.2. The molecule has 2 aliphatic rings. The molecule has 2 rings (SSSR count). The summed E-state index contributed by atoms with van der Waals surface area (Å²) in [5.41, 5.74) is 0.221. The Labute approximate surface area is 98.4 Å². The second-order valence-corrected chi connectivity index (χ2v) is 7.38. The third-order valence-electron chi connectivity index (χ3n) is 3.95. The molecule has 0 aromatic heterocycles. The zero-order valence-electron chi connectivity index (χ0n) is 10.0. The third kappa shape index (κ3) is 2.41. The van der Waals surface area contributed by atoms with Crippen LogP contribution in [0.4, 0.5) is 0 Å². The van der Waals surface area contributed by atoms with E-state index in [2.05, 4.69) is 5.32 Å². The summed E-state index contributed by atoms with van der Waals surface area (Å²) in [7, 11) is -2.99. The first kappa shape index (κ1) is 12.3. The van der Waals surface area contributed by atoms with Gasteiger partial charge < -0.3 is 5.32 Å². The summed E-state index contributed by atoms with van der Waals surface area (Å²) < 4.78 is 25.5. The highest BCUT2D eigenvalue weighted by Gasteiger charge is 2.39. The van der Waals surface area contributed by atoms with Crippen molar-refractivity contribution in [3.63, 3.8) is 0 Å². The molecule has 1 atom stereocenters. The van der Waals surface area contributed by atoms with E-state index in [0.29, 0.717) is 0 Å². The molecule has 94 valence electrons. The van der Waals surface area contributed by atoms with Gasteiger partial charge in [-0.3, -0.25) is 0 Å². The van der Waals surface area contributed by atoms with E-state index in [-0.39, 0.29) is 11.2 Å². The van der Waals surface area contributed by atoms with Crippen LogP contribution in [0.3, 0.4) is 0 Å². The third-order valence-corrected chi connectivity index (χ3v) is 5.77. The Hall–Kier alpha value is -0.130. The summed E-state index contributed by atoms with van der Waals surface area (Å²) in [5, 5.41) is 3.41. The van der Waals surface area contributed by atoms with Gasteiger partial charge in [0.25, 0.3) is 0 Å². The Bertz CT molecular complexity index is 328. The average molecular weight is 246 g/mol. The Kier molecular flexibility index (Phi) is 3.56. The molecule has 0 bridgehead atoms. The van der Waals surface area contributed by atoms with Crippen LogP contribution in [0.5, 0.6) is 0 Å². The molecule has 2 saturated heterocycles. The maximum atomic E-state index is 11.9. The number of nitrogens with zero attached hydrogens (tertiary/aromatic N) is 1. The monoisotopic (exact) mass is 246 g/mol. The fourth-order valence-electron chi connectivity index (χ4n) is 2.96. The van der Waals surface area contributed by atoms with E-state index in [4.69, 9.17) is 0 Å². The van der Waals surface area contributed by atoms with E-state index < -0.39 is 10.0 Å². The molecule has 1 N–H and O–H groups in total. The number of hydrogen-bond donors (Lipinski definition) is 1. The summed E-state index contributed by atoms with van der Waals surface area (Å²) in [6.07, 6.45) is 4.55. The van der Waals surface area contributed by atoms with Crippen LogP contribution in [-0.4, -0.2) is 44.7 Å². The average Bonchev–Trinajstić information content (AvgIpc) is 2.30. The summed E-state index contributed by atoms with van der Waals surface area (Å²) in [6.45, 7) is 5.26. The number of hydrogen-bond acceptors (Lipinski definition) is 3. The molecule has 2 heterocycles. The van der Waals surface area contributed by atoms with Gasteiger partial charge in [-0.1, -0.05) is 0 Å². The number of nitrogens with one attached hydrogen (secondary N) is 1. The van der Waals surface area contributed by atoms with E-state index in [1.807, 2.05) is 0 Å². The topological polar surface area (TPSA) is 49.4 Å². The lowest BCUT2D eigenvalue weighted by Crippen LogP contribution is -2.52. The molecule has 16 heavy (non-hydrogen) atoms. The van der Waals surface area contributed by atoms with Crippen LogP contribution in [0.2, 0.25) is 0 Å². The standard InChI is InChI=1S/C11H22N2O2S/c1-2-16(14,15)13-8-4-6-11(10-13)5-3-7-12-9-11/h12H,2-10H2,1H3. The maximum absolute atomic E-state index is 11.9. The molecule has 2 fully saturated rings. The zero-order chi connectivity index (χ0) is 11.6. The molecular formula is C11H22N2O2S. The van der Waals surface area contributed by atoms with Crippen LogP contribution in [0.15, 0.2) is 0 Å². The van der Waals surface area contributed by atoms with Gasteiger partial charge >= 0.3 is 0 Å². The molecule has 0 aliphatic carbocycles. The van der Waals surface area contributed by atoms with Crippen molar-refractivity contribution in [3.05, 3.63) is 0 Å². The van der Waals surface area contributed by atoms with Crippen molar-refractivity contribution in [3.8, 4) is 0 Å². The molecule has 1 unspecified atom stereocenters. The number of piperidine rings is 2. The van der Waals surface area contributed by atoms with Crippen molar-refractivity contribution in [2.24, 2.45) is 5.41 Å². The van der Waals surface area contributed by atoms with E-state index in [0.717, 1.165) is 32.6 Å². The first-order valence-corrected chi connectivity index (χ1v) is 7.87. The van der Waals surface area contributed by atoms with Crippen LogP contribution in [0.1, 0.15) is 32.6 Å². The van der Waals surface area contributed by atoms with Gasteiger partial charge in [-0.25, -0.2) is 12.7 Å². The van der Waals surface area contributed by atoms with Gasteiger partial charge in [0.05, 0.1) is 5.75 Å². The largest absolute Gasteiger partial charge is 0.316 e. The van der Waals surface area contributed by atoms with E-state index >= 15 is 0 Å². The summed E-state index contributed by atoms with van der Waals surface area (Å²) in [5.74, 6) is 0.233. The maximum Gasteiger partial charge on any atom is 0.213 e. The lowest BCUT2D eigenvalue weighted by atomic mass is 9.75. The van der Waals surface area contributed by atoms with Gasteiger partial charge in [-0.05, 0) is 44.6 Å². The zero-order valence-corrected chi connectivity index (χ0v) is 10.9. The first-order valence-electron chi connectivity index (χ1n) is 6.27. The predicted octanol–water partition coefficient (Wildman–Crippen LogP) is 0.802. The molecule has 0 aromatic rings. The molecule has 5 heteroatoms. The molecule has 0 saturated carbocycles. The lowest BCUT2D eigenvalue weighted by molar-refractivity contribution is 0.110. The van der Waals surface area contributed by atoms with Gasteiger partial charge in [0.2, 0.25) is 10.0 Å². The summed E-state index contributed by atoms with van der Waals surface area (Å²) in [4.78, 5) is 0. The minimum absolute atomic E-state index is 0.221. The van der Waals surface area contributed by atoms with E-state index in [1.165, 1.54) is 19.3 Å². The fourth-order valence-corrected chi connectivity index (χ4v) is 4.20. The van der Waals surface area contributed by atoms with Crippen molar-refractivity contribution in [1.82, 2.24) is 9.62 Å². The van der Waals surface area contributed by atoms with Gasteiger partial charge in [-0.2, -0.15) is 0 Å². The quantitative estimate of drug-likeness (QED) is 0.784. The van der Waals surface area contributed by atoms with Crippen molar-refractivity contribution >= 4 is 10.0 Å². The second kappa shape index (κ2) is 4.63. The number of sulfonamides is 1. The highest BCUT2D eigenvalue weighted by Crippen LogP contribution is 2.36. The van der Waals surface area contributed by atoms with Gasteiger partial charge in [0.15, 0.2) is 0 Å². The molecule has 0 aromatic carbocycles. The Morgan fingerprint density at radius 2 is 2.06 bits per heavy atom. The van der Waals surface area contributed by atoms with Crippen LogP contribution >= 0.6 is 0 Å². The normalized spacial score (nSPS) is 33.1. The molecule has 0 radical (unpaired) electrons. The number of rotatable bonds is 2. The Morgan fingerprint density at radius 1 is 1.31 bits per heavy atom. The van der Waals surface area contributed by atoms with Gasteiger partial charge in [0, 0.05) is 19.6 Å². The lowest BCUT2D eigenvalue weighted by Gasteiger charge is -2.44. The van der Waals surface area contributed by atoms with Crippen LogP contribution in [0, 0.1) is 5.41 Å². The Morgan fingerprint density at radius 3 is 2.69 bits per heavy atom. The van der Waals surface area contributed by atoms with Crippen molar-refractivity contribution < 1.29 is 8.42 Å². The molecule has 0 amide bonds. The Balaban J connectivity index is 2.09. The minimum Gasteiger partial charge on any atom is -0.316 e.